The van der Waals surface area contributed by atoms with Gasteiger partial charge in [0, 0.05) is 36.1 Å². The zero-order valence-corrected chi connectivity index (χ0v) is 18.0. The lowest BCUT2D eigenvalue weighted by molar-refractivity contribution is -0.147. The van der Waals surface area contributed by atoms with E-state index in [1.54, 1.807) is 17.7 Å². The molecule has 0 N–H and O–H groups in total. The van der Waals surface area contributed by atoms with E-state index in [0.29, 0.717) is 5.02 Å². The molecule has 1 aliphatic rings. The Morgan fingerprint density at radius 3 is 2.59 bits per heavy atom. The summed E-state index contributed by atoms with van der Waals surface area (Å²) in [7, 11) is 1.43. The number of esters is 1. The van der Waals surface area contributed by atoms with Gasteiger partial charge in [-0.25, -0.2) is 14.8 Å². The van der Waals surface area contributed by atoms with Gasteiger partial charge in [-0.1, -0.05) is 30.7 Å². The number of piperazine rings is 1. The number of halogens is 1. The van der Waals surface area contributed by atoms with E-state index < -0.39 is 6.04 Å². The molecule has 6 nitrogen and oxygen atoms in total. The van der Waals surface area contributed by atoms with Crippen molar-refractivity contribution in [3.8, 4) is 0 Å². The summed E-state index contributed by atoms with van der Waals surface area (Å²) in [5.41, 5.74) is 0.893. The lowest BCUT2D eigenvalue weighted by Crippen LogP contribution is -2.49. The fourth-order valence-electron chi connectivity index (χ4n) is 3.76. The first-order valence-corrected chi connectivity index (χ1v) is 10.9. The van der Waals surface area contributed by atoms with E-state index >= 15 is 0 Å². The molecule has 1 saturated heterocycles. The van der Waals surface area contributed by atoms with E-state index in [1.165, 1.54) is 12.0 Å². The van der Waals surface area contributed by atoms with Crippen LogP contribution in [0.2, 0.25) is 5.02 Å². The van der Waals surface area contributed by atoms with Crippen molar-refractivity contribution in [1.29, 1.82) is 0 Å². The molecule has 1 atom stereocenters. The van der Waals surface area contributed by atoms with Crippen molar-refractivity contribution in [3.05, 3.63) is 52.1 Å². The van der Waals surface area contributed by atoms with E-state index in [0.717, 1.165) is 54.2 Å². The number of thiophene rings is 1. The van der Waals surface area contributed by atoms with Gasteiger partial charge in [0.25, 0.3) is 0 Å². The van der Waals surface area contributed by atoms with Crippen LogP contribution in [-0.2, 0) is 16.0 Å². The number of benzene rings is 1. The Labute approximate surface area is 179 Å². The number of carbonyl (C=O) groups is 1. The summed E-state index contributed by atoms with van der Waals surface area (Å²) in [5, 5.41) is 1.77. The third-order valence-corrected chi connectivity index (χ3v) is 6.74. The number of anilines is 1. The van der Waals surface area contributed by atoms with Crippen molar-refractivity contribution in [2.24, 2.45) is 0 Å². The van der Waals surface area contributed by atoms with E-state index in [9.17, 15) is 4.79 Å². The molecule has 152 valence electrons. The molecule has 0 bridgehead atoms. The van der Waals surface area contributed by atoms with Crippen molar-refractivity contribution >= 4 is 44.9 Å². The summed E-state index contributed by atoms with van der Waals surface area (Å²) in [4.78, 5) is 28.3. The molecule has 0 radical (unpaired) electrons. The predicted molar refractivity (Wildman–Crippen MR) is 117 cm³/mol. The molecule has 2 aromatic heterocycles. The van der Waals surface area contributed by atoms with Gasteiger partial charge in [-0.3, -0.25) is 4.90 Å². The third kappa shape index (κ3) is 4.08. The number of carbonyl (C=O) groups excluding carboxylic acids is 1. The van der Waals surface area contributed by atoms with Crippen LogP contribution in [0.5, 0.6) is 0 Å². The van der Waals surface area contributed by atoms with E-state index in [1.807, 2.05) is 24.3 Å². The highest BCUT2D eigenvalue weighted by molar-refractivity contribution is 7.18. The van der Waals surface area contributed by atoms with E-state index in [-0.39, 0.29) is 5.97 Å². The van der Waals surface area contributed by atoms with Gasteiger partial charge in [-0.05, 0) is 30.2 Å². The number of hydrogen-bond donors (Lipinski definition) is 0. The van der Waals surface area contributed by atoms with Crippen LogP contribution in [0.3, 0.4) is 0 Å². The molecule has 1 aromatic carbocycles. The highest BCUT2D eigenvalue weighted by Crippen LogP contribution is 2.32. The first-order chi connectivity index (χ1) is 14.1. The molecule has 3 heterocycles. The molecule has 0 spiro atoms. The maximum Gasteiger partial charge on any atom is 0.327 e. The molecule has 1 fully saturated rings. The van der Waals surface area contributed by atoms with Gasteiger partial charge in [0.05, 0.1) is 12.5 Å². The number of fused-ring (bicyclic) bond motifs is 1. The summed E-state index contributed by atoms with van der Waals surface area (Å²) in [5.74, 6) is 0.724. The Balaban J connectivity index is 1.54. The first-order valence-electron chi connectivity index (χ1n) is 9.66. The Morgan fingerprint density at radius 2 is 1.93 bits per heavy atom. The lowest BCUT2D eigenvalue weighted by atomic mass is 10.0. The number of aryl methyl sites for hydroxylation is 1. The van der Waals surface area contributed by atoms with Gasteiger partial charge < -0.3 is 9.64 Å². The minimum atomic E-state index is -0.433. The van der Waals surface area contributed by atoms with Crippen LogP contribution in [0.25, 0.3) is 10.2 Å². The zero-order chi connectivity index (χ0) is 20.4. The summed E-state index contributed by atoms with van der Waals surface area (Å²) < 4.78 is 5.09. The Bertz CT molecular complexity index is 1000. The Morgan fingerprint density at radius 1 is 1.21 bits per heavy atom. The summed E-state index contributed by atoms with van der Waals surface area (Å²) in [6, 6.07) is 9.17. The van der Waals surface area contributed by atoms with Crippen LogP contribution in [0, 0.1) is 0 Å². The number of hydrogen-bond acceptors (Lipinski definition) is 7. The van der Waals surface area contributed by atoms with Gasteiger partial charge >= 0.3 is 5.97 Å². The largest absolute Gasteiger partial charge is 0.468 e. The number of rotatable bonds is 5. The molecule has 0 unspecified atom stereocenters. The monoisotopic (exact) mass is 430 g/mol. The van der Waals surface area contributed by atoms with Crippen LogP contribution < -0.4 is 4.90 Å². The average Bonchev–Trinajstić information content (AvgIpc) is 3.19. The predicted octanol–water partition coefficient (Wildman–Crippen LogP) is 3.94. The van der Waals surface area contributed by atoms with Crippen LogP contribution in [0.4, 0.5) is 5.82 Å². The zero-order valence-electron chi connectivity index (χ0n) is 16.5. The van der Waals surface area contributed by atoms with Gasteiger partial charge in [0.15, 0.2) is 0 Å². The van der Waals surface area contributed by atoms with Crippen molar-refractivity contribution in [2.75, 3.05) is 38.2 Å². The first kappa shape index (κ1) is 20.1. The smallest absolute Gasteiger partial charge is 0.327 e. The molecule has 0 saturated carbocycles. The molecule has 0 amide bonds. The van der Waals surface area contributed by atoms with Crippen LogP contribution in [0.15, 0.2) is 36.7 Å². The lowest BCUT2D eigenvalue weighted by Gasteiger charge is -2.38. The molecule has 8 heteroatoms. The number of nitrogens with zero attached hydrogens (tertiary/aromatic N) is 4. The van der Waals surface area contributed by atoms with Crippen molar-refractivity contribution < 1.29 is 9.53 Å². The minimum Gasteiger partial charge on any atom is -0.468 e. The van der Waals surface area contributed by atoms with Crippen LogP contribution in [-0.4, -0.2) is 54.1 Å². The molecule has 29 heavy (non-hydrogen) atoms. The van der Waals surface area contributed by atoms with Gasteiger partial charge in [-0.15, -0.1) is 11.3 Å². The van der Waals surface area contributed by atoms with Crippen molar-refractivity contribution in [3.63, 3.8) is 0 Å². The molecule has 4 rings (SSSR count). The molecule has 1 aliphatic heterocycles. The standard InChI is InChI=1S/C21H23ClN4O2S/c1-3-16-12-17-19(23-13-24-20(17)29-16)26-10-8-25(9-11-26)18(21(27)28-2)14-4-6-15(22)7-5-14/h4-7,12-13,18H,3,8-11H2,1-2H3/t18-/m1/s1. The van der Waals surface area contributed by atoms with E-state index in [4.69, 9.17) is 16.3 Å². The maximum atomic E-state index is 12.5. The van der Waals surface area contributed by atoms with Gasteiger partial charge in [0.2, 0.25) is 0 Å². The van der Waals surface area contributed by atoms with Crippen molar-refractivity contribution in [1.82, 2.24) is 14.9 Å². The average molecular weight is 431 g/mol. The fourth-order valence-corrected chi connectivity index (χ4v) is 4.82. The molecular formula is C21H23ClN4O2S. The van der Waals surface area contributed by atoms with Crippen molar-refractivity contribution in [2.45, 2.75) is 19.4 Å². The van der Waals surface area contributed by atoms with E-state index in [2.05, 4.69) is 32.8 Å². The Hall–Kier alpha value is -2.22. The minimum absolute atomic E-state index is 0.254. The SMILES string of the molecule is CCc1cc2c(N3CCN([C@@H](C(=O)OC)c4ccc(Cl)cc4)CC3)ncnc2s1. The topological polar surface area (TPSA) is 58.6 Å². The van der Waals surface area contributed by atoms with Gasteiger partial charge in [0.1, 0.15) is 23.0 Å². The second-order valence-electron chi connectivity index (χ2n) is 6.98. The second-order valence-corrected chi connectivity index (χ2v) is 8.53. The Kier molecular flexibility index (Phi) is 5.99. The third-order valence-electron chi connectivity index (χ3n) is 5.30. The molecule has 0 aliphatic carbocycles. The molecule has 3 aromatic rings. The summed E-state index contributed by atoms with van der Waals surface area (Å²) in [6.45, 7) is 5.19. The summed E-state index contributed by atoms with van der Waals surface area (Å²) in [6.07, 6.45) is 2.64. The van der Waals surface area contributed by atoms with Crippen LogP contribution in [0.1, 0.15) is 23.4 Å². The van der Waals surface area contributed by atoms with Crippen LogP contribution >= 0.6 is 22.9 Å². The number of aromatic nitrogens is 2. The highest BCUT2D eigenvalue weighted by atomic mass is 35.5. The summed E-state index contributed by atoms with van der Waals surface area (Å²) >= 11 is 7.74. The quantitative estimate of drug-likeness (QED) is 0.571. The normalized spacial score (nSPS) is 16.2. The maximum absolute atomic E-state index is 12.5. The fraction of sp³-hybridized carbons (Fsp3) is 0.381. The highest BCUT2D eigenvalue weighted by Gasteiger charge is 2.32. The second kappa shape index (κ2) is 8.65. The number of ether oxygens (including phenoxy) is 1. The van der Waals surface area contributed by atoms with Gasteiger partial charge in [-0.2, -0.15) is 0 Å². The molecular weight excluding hydrogens is 408 g/mol. The number of methoxy groups -OCH3 is 1.